The Morgan fingerprint density at radius 1 is 1.12 bits per heavy atom. The van der Waals surface area contributed by atoms with Crippen LogP contribution in [0.3, 0.4) is 0 Å². The molecule has 0 atom stereocenters. The van der Waals surface area contributed by atoms with E-state index in [4.69, 9.17) is 4.74 Å². The van der Waals surface area contributed by atoms with Crippen LogP contribution in [0.5, 0.6) is 0 Å². The Hall–Kier alpha value is -1.06. The molecule has 8 heteroatoms. The average Bonchev–Trinajstić information content (AvgIpc) is 2.63. The van der Waals surface area contributed by atoms with Crippen molar-refractivity contribution in [3.05, 3.63) is 0 Å². The number of esters is 1. The van der Waals surface area contributed by atoms with E-state index in [1.165, 1.54) is 26.4 Å². The molecule has 144 valence electrons. The first-order valence-electron chi connectivity index (χ1n) is 8.96. The lowest BCUT2D eigenvalue weighted by Crippen LogP contribution is -2.50. The lowest BCUT2D eigenvalue weighted by Gasteiger charge is -2.33. The second-order valence-corrected chi connectivity index (χ2v) is 6.59. The first-order valence-corrected chi connectivity index (χ1v) is 8.96. The number of halogens is 1. The van der Waals surface area contributed by atoms with E-state index in [1.807, 2.05) is 0 Å². The van der Waals surface area contributed by atoms with E-state index in [0.717, 1.165) is 44.7 Å². The number of aliphatic imine (C=N–C) groups is 1. The smallest absolute Gasteiger partial charge is 0.308 e. The van der Waals surface area contributed by atoms with Crippen molar-refractivity contribution in [1.82, 2.24) is 15.5 Å². The summed E-state index contributed by atoms with van der Waals surface area (Å²) in [5.74, 6) is 0.577. The molecule has 25 heavy (non-hydrogen) atoms. The third-order valence-electron chi connectivity index (χ3n) is 4.92. The Morgan fingerprint density at radius 3 is 2.32 bits per heavy atom. The lowest BCUT2D eigenvalue weighted by atomic mass is 9.95. The van der Waals surface area contributed by atoms with Gasteiger partial charge < -0.3 is 20.3 Å². The monoisotopic (exact) mass is 466 g/mol. The summed E-state index contributed by atoms with van der Waals surface area (Å²) in [5, 5.41) is 6.23. The van der Waals surface area contributed by atoms with E-state index >= 15 is 0 Å². The summed E-state index contributed by atoms with van der Waals surface area (Å²) in [7, 11) is 3.15. The van der Waals surface area contributed by atoms with Crippen molar-refractivity contribution in [2.45, 2.75) is 51.0 Å². The maximum atomic E-state index is 12.1. The Labute approximate surface area is 167 Å². The standard InChI is InChI=1S/C17H30N4O3.HI/c1-18-17(21-10-8-13(9-11-21)16(23)24-2)19-12-15(22)20-14-6-4-3-5-7-14;/h13-14H,3-12H2,1-2H3,(H,18,19)(H,20,22);1H. The van der Waals surface area contributed by atoms with Gasteiger partial charge in [-0.3, -0.25) is 14.6 Å². The number of hydrogen-bond acceptors (Lipinski definition) is 4. The van der Waals surface area contributed by atoms with Gasteiger partial charge in [-0.2, -0.15) is 0 Å². The highest BCUT2D eigenvalue weighted by molar-refractivity contribution is 14.0. The first-order chi connectivity index (χ1) is 11.6. The van der Waals surface area contributed by atoms with Crippen molar-refractivity contribution in [2.75, 3.05) is 33.8 Å². The Kier molecular flexibility index (Phi) is 10.1. The van der Waals surface area contributed by atoms with Crippen LogP contribution in [0.2, 0.25) is 0 Å². The van der Waals surface area contributed by atoms with Crippen LogP contribution in [0.4, 0.5) is 0 Å². The highest BCUT2D eigenvalue weighted by Gasteiger charge is 2.27. The molecular weight excluding hydrogens is 435 g/mol. The van der Waals surface area contributed by atoms with E-state index in [1.54, 1.807) is 7.05 Å². The topological polar surface area (TPSA) is 83.0 Å². The summed E-state index contributed by atoms with van der Waals surface area (Å²) in [5.41, 5.74) is 0. The molecule has 0 aromatic carbocycles. The Morgan fingerprint density at radius 2 is 1.76 bits per heavy atom. The fourth-order valence-electron chi connectivity index (χ4n) is 3.51. The largest absolute Gasteiger partial charge is 0.469 e. The molecule has 1 amide bonds. The van der Waals surface area contributed by atoms with Crippen molar-refractivity contribution in [1.29, 1.82) is 0 Å². The van der Waals surface area contributed by atoms with Gasteiger partial charge in [0.15, 0.2) is 5.96 Å². The number of nitrogens with zero attached hydrogens (tertiary/aromatic N) is 2. The molecule has 2 aliphatic rings. The van der Waals surface area contributed by atoms with Gasteiger partial charge in [0, 0.05) is 26.2 Å². The van der Waals surface area contributed by atoms with E-state index in [9.17, 15) is 9.59 Å². The number of likely N-dealkylation sites (tertiary alicyclic amines) is 1. The maximum absolute atomic E-state index is 12.1. The molecule has 0 spiro atoms. The van der Waals surface area contributed by atoms with Crippen molar-refractivity contribution < 1.29 is 14.3 Å². The van der Waals surface area contributed by atoms with E-state index in [-0.39, 0.29) is 48.3 Å². The molecule has 1 aliphatic carbocycles. The number of rotatable bonds is 4. The van der Waals surface area contributed by atoms with Gasteiger partial charge in [-0.25, -0.2) is 0 Å². The fraction of sp³-hybridized carbons (Fsp3) is 0.824. The maximum Gasteiger partial charge on any atom is 0.308 e. The summed E-state index contributed by atoms with van der Waals surface area (Å²) < 4.78 is 4.81. The minimum absolute atomic E-state index is 0. The van der Waals surface area contributed by atoms with Gasteiger partial charge >= 0.3 is 5.97 Å². The molecule has 0 aromatic heterocycles. The molecule has 0 bridgehead atoms. The summed E-state index contributed by atoms with van der Waals surface area (Å²) in [6.45, 7) is 1.72. The molecule has 2 fully saturated rings. The SMILES string of the molecule is CN=C(NCC(=O)NC1CCCCC1)N1CCC(C(=O)OC)CC1.I. The van der Waals surface area contributed by atoms with Gasteiger partial charge in [0.2, 0.25) is 5.91 Å². The number of guanidine groups is 1. The zero-order chi connectivity index (χ0) is 17.4. The van der Waals surface area contributed by atoms with Crippen LogP contribution in [-0.4, -0.2) is 62.6 Å². The normalized spacial score (nSPS) is 19.8. The third-order valence-corrected chi connectivity index (χ3v) is 4.92. The quantitative estimate of drug-likeness (QED) is 0.284. The highest BCUT2D eigenvalue weighted by atomic mass is 127. The van der Waals surface area contributed by atoms with Gasteiger partial charge in [0.05, 0.1) is 19.6 Å². The number of nitrogens with one attached hydrogen (secondary N) is 2. The fourth-order valence-corrected chi connectivity index (χ4v) is 3.51. The molecule has 0 radical (unpaired) electrons. The number of carbonyl (C=O) groups is 2. The number of methoxy groups -OCH3 is 1. The average molecular weight is 466 g/mol. The van der Waals surface area contributed by atoms with Crippen LogP contribution in [0.1, 0.15) is 44.9 Å². The first kappa shape index (κ1) is 22.0. The number of amides is 1. The van der Waals surface area contributed by atoms with Crippen LogP contribution in [0.25, 0.3) is 0 Å². The zero-order valence-corrected chi connectivity index (χ0v) is 17.6. The molecule has 1 heterocycles. The van der Waals surface area contributed by atoms with E-state index < -0.39 is 0 Å². The minimum atomic E-state index is -0.135. The van der Waals surface area contributed by atoms with Gasteiger partial charge in [-0.15, -0.1) is 24.0 Å². The molecule has 0 unspecified atom stereocenters. The molecular formula is C17H31IN4O3. The van der Waals surface area contributed by atoms with Gasteiger partial charge in [-0.1, -0.05) is 19.3 Å². The number of ether oxygens (including phenoxy) is 1. The van der Waals surface area contributed by atoms with Gasteiger partial charge in [-0.05, 0) is 25.7 Å². The Bertz CT molecular complexity index is 459. The summed E-state index contributed by atoms with van der Waals surface area (Å²) >= 11 is 0. The van der Waals surface area contributed by atoms with Crippen LogP contribution >= 0.6 is 24.0 Å². The summed E-state index contributed by atoms with van der Waals surface area (Å²) in [6.07, 6.45) is 7.36. The van der Waals surface area contributed by atoms with Gasteiger partial charge in [0.25, 0.3) is 0 Å². The van der Waals surface area contributed by atoms with Crippen LogP contribution in [-0.2, 0) is 14.3 Å². The predicted octanol–water partition coefficient (Wildman–Crippen LogP) is 1.51. The summed E-state index contributed by atoms with van der Waals surface area (Å²) in [6, 6.07) is 0.325. The van der Waals surface area contributed by atoms with Crippen LogP contribution < -0.4 is 10.6 Å². The third kappa shape index (κ3) is 6.99. The number of hydrogen-bond donors (Lipinski definition) is 2. The Balaban J connectivity index is 0.00000312. The lowest BCUT2D eigenvalue weighted by molar-refractivity contribution is -0.146. The highest BCUT2D eigenvalue weighted by Crippen LogP contribution is 2.18. The molecule has 1 aliphatic heterocycles. The minimum Gasteiger partial charge on any atom is -0.469 e. The molecule has 2 N–H and O–H groups in total. The van der Waals surface area contributed by atoms with E-state index in [0.29, 0.717) is 6.04 Å². The molecule has 1 saturated heterocycles. The van der Waals surface area contributed by atoms with E-state index in [2.05, 4.69) is 20.5 Å². The second-order valence-electron chi connectivity index (χ2n) is 6.59. The van der Waals surface area contributed by atoms with Gasteiger partial charge in [0.1, 0.15) is 0 Å². The van der Waals surface area contributed by atoms with Crippen LogP contribution in [0, 0.1) is 5.92 Å². The zero-order valence-electron chi connectivity index (χ0n) is 15.3. The van der Waals surface area contributed by atoms with Crippen molar-refractivity contribution in [3.63, 3.8) is 0 Å². The van der Waals surface area contributed by atoms with Crippen molar-refractivity contribution in [2.24, 2.45) is 10.9 Å². The predicted molar refractivity (Wildman–Crippen MR) is 108 cm³/mol. The second kappa shape index (κ2) is 11.5. The molecule has 7 nitrogen and oxygen atoms in total. The summed E-state index contributed by atoms with van der Waals surface area (Å²) in [4.78, 5) is 30.0. The van der Waals surface area contributed by atoms with Crippen molar-refractivity contribution >= 4 is 41.8 Å². The van der Waals surface area contributed by atoms with Crippen molar-refractivity contribution in [3.8, 4) is 0 Å². The number of carbonyl (C=O) groups excluding carboxylic acids is 2. The molecule has 0 aromatic rings. The molecule has 1 saturated carbocycles. The van der Waals surface area contributed by atoms with Crippen LogP contribution in [0.15, 0.2) is 4.99 Å². The molecule has 2 rings (SSSR count). The number of piperidine rings is 1.